The van der Waals surface area contributed by atoms with E-state index in [1.54, 1.807) is 27.7 Å². The molecule has 0 heterocycles. The second-order valence-electron chi connectivity index (χ2n) is 8.22. The quantitative estimate of drug-likeness (QED) is 0.524. The van der Waals surface area contributed by atoms with E-state index in [1.165, 1.54) is 6.07 Å². The van der Waals surface area contributed by atoms with E-state index in [2.05, 4.69) is 26.6 Å². The molecule has 4 nitrogen and oxygen atoms in total. The number of hydrogen-bond acceptors (Lipinski definition) is 3. The van der Waals surface area contributed by atoms with Gasteiger partial charge in [0.25, 0.3) is 0 Å². The molecule has 1 atom stereocenters. The first kappa shape index (κ1) is 22.8. The molecule has 1 aromatic carbocycles. The molecule has 1 fully saturated rings. The highest BCUT2D eigenvalue weighted by Gasteiger charge is 2.39. The first-order valence-corrected chi connectivity index (χ1v) is 9.85. The van der Waals surface area contributed by atoms with E-state index in [0.29, 0.717) is 6.54 Å². The highest BCUT2D eigenvalue weighted by atomic mass is 79.9. The maximum absolute atomic E-state index is 13.9. The maximum Gasteiger partial charge on any atom is 0.421 e. The molecule has 0 aromatic heterocycles. The van der Waals surface area contributed by atoms with Crippen LogP contribution in [0.15, 0.2) is 16.6 Å². The molecule has 9 heteroatoms. The lowest BCUT2D eigenvalue weighted by Gasteiger charge is -2.40. The fourth-order valence-corrected chi connectivity index (χ4v) is 3.67. The van der Waals surface area contributed by atoms with Gasteiger partial charge in [0.05, 0.1) is 5.69 Å². The molecular formula is C19H25BrF4N2O2. The molecule has 0 saturated heterocycles. The highest BCUT2D eigenvalue weighted by Crippen LogP contribution is 2.41. The van der Waals surface area contributed by atoms with Crippen LogP contribution in [0.3, 0.4) is 0 Å². The molecule has 0 aliphatic heterocycles. The minimum Gasteiger partial charge on any atom is -0.444 e. The van der Waals surface area contributed by atoms with Crippen molar-refractivity contribution in [2.45, 2.75) is 58.4 Å². The molecule has 1 amide bonds. The van der Waals surface area contributed by atoms with Crippen LogP contribution in [0.1, 0.15) is 46.1 Å². The smallest absolute Gasteiger partial charge is 0.421 e. The van der Waals surface area contributed by atoms with Gasteiger partial charge in [0, 0.05) is 17.1 Å². The Morgan fingerprint density at radius 2 is 1.89 bits per heavy atom. The lowest BCUT2D eigenvalue weighted by molar-refractivity contribution is -0.139. The first-order valence-electron chi connectivity index (χ1n) is 9.06. The van der Waals surface area contributed by atoms with E-state index in [4.69, 9.17) is 4.74 Å². The summed E-state index contributed by atoms with van der Waals surface area (Å²) in [5.74, 6) is -0.943. The number of halogens is 5. The van der Waals surface area contributed by atoms with Gasteiger partial charge in [0.1, 0.15) is 17.0 Å². The molecule has 1 aliphatic rings. The number of anilines is 1. The van der Waals surface area contributed by atoms with Gasteiger partial charge >= 0.3 is 12.3 Å². The van der Waals surface area contributed by atoms with E-state index in [-0.39, 0.29) is 28.0 Å². The van der Waals surface area contributed by atoms with E-state index in [1.807, 2.05) is 0 Å². The Morgan fingerprint density at radius 3 is 2.43 bits per heavy atom. The van der Waals surface area contributed by atoms with Crippen LogP contribution < -0.4 is 10.6 Å². The molecule has 0 bridgehead atoms. The van der Waals surface area contributed by atoms with Crippen LogP contribution >= 0.6 is 15.9 Å². The van der Waals surface area contributed by atoms with E-state index in [0.717, 1.165) is 18.9 Å². The Bertz CT molecular complexity index is 713. The van der Waals surface area contributed by atoms with Crippen molar-refractivity contribution in [2.24, 2.45) is 11.8 Å². The molecule has 28 heavy (non-hydrogen) atoms. The fourth-order valence-electron chi connectivity index (χ4n) is 3.24. The summed E-state index contributed by atoms with van der Waals surface area (Å²) >= 11 is 3.04. The van der Waals surface area contributed by atoms with Gasteiger partial charge in [-0.1, -0.05) is 15.9 Å². The number of rotatable bonds is 5. The summed E-state index contributed by atoms with van der Waals surface area (Å²) in [5.41, 5.74) is -2.13. The molecule has 2 N–H and O–H groups in total. The van der Waals surface area contributed by atoms with Gasteiger partial charge in [0.15, 0.2) is 0 Å². The Balaban J connectivity index is 1.89. The summed E-state index contributed by atoms with van der Waals surface area (Å²) in [7, 11) is 0. The number of carbonyl (C=O) groups excluding carboxylic acids is 1. The van der Waals surface area contributed by atoms with Crippen LogP contribution in [0.5, 0.6) is 0 Å². The monoisotopic (exact) mass is 468 g/mol. The van der Waals surface area contributed by atoms with Gasteiger partial charge in [-0.2, -0.15) is 13.2 Å². The SMILES string of the molecule is C[C@H](Nc1cc(Br)cc(F)c1C(F)(F)F)C1CC(CNC(=O)OC(C)(C)C)C1. The summed E-state index contributed by atoms with van der Waals surface area (Å²) in [6.07, 6.45) is -3.77. The molecule has 1 aromatic rings. The predicted molar refractivity (Wildman–Crippen MR) is 103 cm³/mol. The van der Waals surface area contributed by atoms with E-state index in [9.17, 15) is 22.4 Å². The molecule has 158 valence electrons. The molecule has 0 spiro atoms. The second kappa shape index (κ2) is 8.47. The van der Waals surface area contributed by atoms with Crippen LogP contribution in [0.2, 0.25) is 0 Å². The molecule has 1 aliphatic carbocycles. The summed E-state index contributed by atoms with van der Waals surface area (Å²) in [5, 5.41) is 5.52. The Labute approximate surface area is 170 Å². The number of alkyl halides is 3. The second-order valence-corrected chi connectivity index (χ2v) is 9.14. The zero-order chi connectivity index (χ0) is 21.3. The van der Waals surface area contributed by atoms with E-state index < -0.39 is 29.3 Å². The lowest BCUT2D eigenvalue weighted by atomic mass is 9.71. The van der Waals surface area contributed by atoms with Crippen LogP contribution in [0.4, 0.5) is 28.0 Å². The van der Waals surface area contributed by atoms with Crippen LogP contribution in [0, 0.1) is 17.7 Å². The fraction of sp³-hybridized carbons (Fsp3) is 0.632. The van der Waals surface area contributed by atoms with Gasteiger partial charge in [-0.15, -0.1) is 0 Å². The third kappa shape index (κ3) is 6.25. The largest absolute Gasteiger partial charge is 0.444 e. The molecule has 0 unspecified atom stereocenters. The van der Waals surface area contributed by atoms with Gasteiger partial charge in [-0.05, 0) is 64.5 Å². The van der Waals surface area contributed by atoms with Crippen LogP contribution in [-0.2, 0) is 10.9 Å². The van der Waals surface area contributed by atoms with E-state index >= 15 is 0 Å². The van der Waals surface area contributed by atoms with Gasteiger partial charge in [-0.25, -0.2) is 9.18 Å². The standard InChI is InChI=1S/C19H25BrF4N2O2/c1-10(12-5-11(6-12)9-25-17(27)28-18(2,3)4)26-15-8-13(20)7-14(21)16(15)19(22,23)24/h7-8,10-12,26H,5-6,9H2,1-4H3,(H,25,27)/t10-,11?,12?/m0/s1. The van der Waals surface area contributed by atoms with Crippen molar-refractivity contribution in [1.82, 2.24) is 5.32 Å². The third-order valence-electron chi connectivity index (χ3n) is 4.63. The van der Waals surface area contributed by atoms with Crippen molar-refractivity contribution in [3.05, 3.63) is 28.0 Å². The lowest BCUT2D eigenvalue weighted by Crippen LogP contribution is -2.43. The molecular weight excluding hydrogens is 444 g/mol. The van der Waals surface area contributed by atoms with Crippen molar-refractivity contribution < 1.29 is 27.1 Å². The number of hydrogen-bond donors (Lipinski definition) is 2. The average Bonchev–Trinajstić information content (AvgIpc) is 2.40. The number of alkyl carbamates (subject to hydrolysis) is 1. The van der Waals surface area contributed by atoms with Crippen molar-refractivity contribution in [2.75, 3.05) is 11.9 Å². The number of nitrogens with one attached hydrogen (secondary N) is 2. The number of benzene rings is 1. The number of amides is 1. The summed E-state index contributed by atoms with van der Waals surface area (Å²) in [6, 6.07) is 1.77. The Morgan fingerprint density at radius 1 is 1.29 bits per heavy atom. The average molecular weight is 469 g/mol. The summed E-state index contributed by atoms with van der Waals surface area (Å²) < 4.78 is 58.9. The minimum absolute atomic E-state index is 0.133. The minimum atomic E-state index is -4.79. The molecule has 0 radical (unpaired) electrons. The zero-order valence-corrected chi connectivity index (χ0v) is 17.8. The number of carbonyl (C=O) groups is 1. The Hall–Kier alpha value is -1.51. The molecule has 1 saturated carbocycles. The topological polar surface area (TPSA) is 50.4 Å². The molecule has 2 rings (SSSR count). The highest BCUT2D eigenvalue weighted by molar-refractivity contribution is 9.10. The summed E-state index contributed by atoms with van der Waals surface area (Å²) in [6.45, 7) is 7.57. The summed E-state index contributed by atoms with van der Waals surface area (Å²) in [4.78, 5) is 11.7. The van der Waals surface area contributed by atoms with Crippen LogP contribution in [-0.4, -0.2) is 24.3 Å². The van der Waals surface area contributed by atoms with Crippen molar-refractivity contribution in [3.8, 4) is 0 Å². The van der Waals surface area contributed by atoms with Crippen molar-refractivity contribution in [3.63, 3.8) is 0 Å². The zero-order valence-electron chi connectivity index (χ0n) is 16.2. The van der Waals surface area contributed by atoms with Gasteiger partial charge in [0.2, 0.25) is 0 Å². The predicted octanol–water partition coefficient (Wildman–Crippen LogP) is 5.96. The normalized spacial score (nSPS) is 20.9. The van der Waals surface area contributed by atoms with Crippen molar-refractivity contribution in [1.29, 1.82) is 0 Å². The van der Waals surface area contributed by atoms with Crippen LogP contribution in [0.25, 0.3) is 0 Å². The van der Waals surface area contributed by atoms with Crippen molar-refractivity contribution >= 4 is 27.7 Å². The Kier molecular flexibility index (Phi) is 6.89. The van der Waals surface area contributed by atoms with Gasteiger partial charge in [-0.3, -0.25) is 0 Å². The maximum atomic E-state index is 13.9. The number of ether oxygens (including phenoxy) is 1. The third-order valence-corrected chi connectivity index (χ3v) is 5.09. The van der Waals surface area contributed by atoms with Gasteiger partial charge < -0.3 is 15.4 Å². The first-order chi connectivity index (χ1) is 12.8.